The molecule has 1 aliphatic rings. The molecule has 6 nitrogen and oxygen atoms in total. The molecule has 1 aliphatic carbocycles. The van der Waals surface area contributed by atoms with Crippen molar-refractivity contribution in [2.24, 2.45) is 11.8 Å². The van der Waals surface area contributed by atoms with Crippen LogP contribution in [0, 0.1) is 11.8 Å². The summed E-state index contributed by atoms with van der Waals surface area (Å²) < 4.78 is 0.852. The fourth-order valence-electron chi connectivity index (χ4n) is 3.26. The lowest BCUT2D eigenvalue weighted by atomic mass is 10.1. The van der Waals surface area contributed by atoms with E-state index in [2.05, 4.69) is 10.3 Å². The van der Waals surface area contributed by atoms with Crippen molar-refractivity contribution >= 4 is 69.1 Å². The molecule has 1 atom stereocenters. The number of nitrogens with zero attached hydrogens (tertiary/aromatic N) is 2. The van der Waals surface area contributed by atoms with E-state index in [0.717, 1.165) is 17.1 Å². The topological polar surface area (TPSA) is 82.5 Å². The van der Waals surface area contributed by atoms with Gasteiger partial charge in [0.15, 0.2) is 5.13 Å². The van der Waals surface area contributed by atoms with Crippen molar-refractivity contribution in [1.29, 1.82) is 0 Å². The van der Waals surface area contributed by atoms with Crippen LogP contribution in [0.5, 0.6) is 0 Å². The summed E-state index contributed by atoms with van der Waals surface area (Å²) in [6.45, 7) is 2.24. The number of thioether (sulfide) groups is 1. The van der Waals surface area contributed by atoms with Crippen LogP contribution in [0.3, 0.4) is 0 Å². The molecular weight excluding hydrogens is 465 g/mol. The molecule has 2 aromatic rings. The number of hydrogen-bond donors (Lipinski definition) is 2. The van der Waals surface area contributed by atoms with Crippen LogP contribution >= 0.6 is 46.3 Å². The minimum Gasteiger partial charge on any atom is -0.481 e. The van der Waals surface area contributed by atoms with E-state index >= 15 is 0 Å². The number of carboxylic acid groups (broad SMARTS) is 1. The molecule has 1 aromatic heterocycles. The van der Waals surface area contributed by atoms with E-state index in [1.807, 2.05) is 0 Å². The first-order valence-electron chi connectivity index (χ1n) is 9.68. The average molecular weight is 488 g/mol. The number of urea groups is 1. The molecule has 10 heteroatoms. The number of rotatable bonds is 8. The van der Waals surface area contributed by atoms with E-state index < -0.39 is 11.9 Å². The van der Waals surface area contributed by atoms with E-state index in [1.165, 1.54) is 35.9 Å². The Balaban J connectivity index is 1.71. The highest BCUT2D eigenvalue weighted by atomic mass is 35.5. The summed E-state index contributed by atoms with van der Waals surface area (Å²) in [5.74, 6) is -0.409. The molecular formula is C20H23Cl2N3O3S2. The molecule has 1 saturated carbocycles. The second-order valence-electron chi connectivity index (χ2n) is 7.32. The van der Waals surface area contributed by atoms with Crippen LogP contribution < -0.4 is 10.2 Å². The number of anilines is 2. The summed E-state index contributed by atoms with van der Waals surface area (Å²) in [6, 6.07) is 4.82. The zero-order valence-electron chi connectivity index (χ0n) is 16.4. The van der Waals surface area contributed by atoms with E-state index in [-0.39, 0.29) is 6.03 Å². The Hall–Kier alpha value is -1.48. The highest BCUT2D eigenvalue weighted by Crippen LogP contribution is 2.34. The molecule has 0 bridgehead atoms. The third-order valence-electron chi connectivity index (χ3n) is 4.96. The van der Waals surface area contributed by atoms with Gasteiger partial charge >= 0.3 is 12.0 Å². The average Bonchev–Trinajstić information content (AvgIpc) is 3.36. The molecule has 3 rings (SSSR count). The summed E-state index contributed by atoms with van der Waals surface area (Å²) in [5, 5.41) is 13.3. The predicted molar refractivity (Wildman–Crippen MR) is 124 cm³/mol. The van der Waals surface area contributed by atoms with Crippen LogP contribution in [0.4, 0.5) is 15.6 Å². The van der Waals surface area contributed by atoms with E-state index in [1.54, 1.807) is 36.2 Å². The van der Waals surface area contributed by atoms with Crippen molar-refractivity contribution in [2.45, 2.75) is 36.8 Å². The number of carbonyl (C=O) groups is 2. The van der Waals surface area contributed by atoms with Gasteiger partial charge < -0.3 is 5.11 Å². The van der Waals surface area contributed by atoms with Gasteiger partial charge in [-0.05, 0) is 37.0 Å². The highest BCUT2D eigenvalue weighted by molar-refractivity contribution is 8.01. The quantitative estimate of drug-likeness (QED) is 0.415. The van der Waals surface area contributed by atoms with Gasteiger partial charge in [0.05, 0.1) is 27.0 Å². The van der Waals surface area contributed by atoms with Crippen LogP contribution in [0.2, 0.25) is 10.0 Å². The normalized spacial score (nSPS) is 15.2. The maximum atomic E-state index is 13.1. The Morgan fingerprint density at radius 3 is 2.77 bits per heavy atom. The third-order valence-corrected chi connectivity index (χ3v) is 7.86. The van der Waals surface area contributed by atoms with Gasteiger partial charge in [-0.15, -0.1) is 11.8 Å². The minimum absolute atomic E-state index is 0.295. The van der Waals surface area contributed by atoms with Crippen LogP contribution in [0.25, 0.3) is 0 Å². The first-order valence-corrected chi connectivity index (χ1v) is 12.2. The Morgan fingerprint density at radius 2 is 2.10 bits per heavy atom. The monoisotopic (exact) mass is 487 g/mol. The first-order chi connectivity index (χ1) is 14.3. The summed E-state index contributed by atoms with van der Waals surface area (Å²) in [5.41, 5.74) is 0.618. The Labute approximate surface area is 194 Å². The molecule has 1 unspecified atom stereocenters. The lowest BCUT2D eigenvalue weighted by molar-refractivity contribution is -0.140. The molecule has 0 aliphatic heterocycles. The zero-order chi connectivity index (χ0) is 21.7. The number of amides is 2. The van der Waals surface area contributed by atoms with Crippen molar-refractivity contribution in [3.8, 4) is 0 Å². The predicted octanol–water partition coefficient (Wildman–Crippen LogP) is 6.49. The van der Waals surface area contributed by atoms with Gasteiger partial charge in [-0.2, -0.15) is 0 Å². The Morgan fingerprint density at radius 1 is 1.37 bits per heavy atom. The van der Waals surface area contributed by atoms with Crippen molar-refractivity contribution in [3.63, 3.8) is 0 Å². The third kappa shape index (κ3) is 6.26. The van der Waals surface area contributed by atoms with Crippen molar-refractivity contribution < 1.29 is 14.7 Å². The molecule has 0 spiro atoms. The first kappa shape index (κ1) is 23.2. The Bertz CT molecular complexity index is 903. The number of aliphatic carboxylic acids is 1. The number of halogens is 2. The molecule has 1 heterocycles. The van der Waals surface area contributed by atoms with E-state index in [0.29, 0.717) is 39.1 Å². The van der Waals surface area contributed by atoms with Crippen LogP contribution in [0.15, 0.2) is 28.6 Å². The number of nitrogens with one attached hydrogen (secondary N) is 1. The molecule has 2 N–H and O–H groups in total. The minimum atomic E-state index is -0.831. The van der Waals surface area contributed by atoms with Crippen molar-refractivity contribution in [1.82, 2.24) is 4.98 Å². The van der Waals surface area contributed by atoms with Gasteiger partial charge in [0.1, 0.15) is 0 Å². The van der Waals surface area contributed by atoms with Crippen LogP contribution in [-0.2, 0) is 4.79 Å². The van der Waals surface area contributed by atoms with E-state index in [4.69, 9.17) is 28.3 Å². The molecule has 30 heavy (non-hydrogen) atoms. The number of carbonyl (C=O) groups excluding carboxylic acids is 1. The van der Waals surface area contributed by atoms with E-state index in [9.17, 15) is 9.59 Å². The molecule has 1 aromatic carbocycles. The molecule has 162 valence electrons. The largest absolute Gasteiger partial charge is 0.481 e. The van der Waals surface area contributed by atoms with Crippen molar-refractivity contribution in [3.05, 3.63) is 34.4 Å². The van der Waals surface area contributed by atoms with Gasteiger partial charge in [0.2, 0.25) is 0 Å². The highest BCUT2D eigenvalue weighted by Gasteiger charge is 2.25. The lowest BCUT2D eigenvalue weighted by Crippen LogP contribution is -2.38. The SMILES string of the molecule is CC(CSc1cnc(NC(=O)N(CC2CCCC2)c2ccc(Cl)cc2Cl)s1)C(=O)O. The zero-order valence-corrected chi connectivity index (χ0v) is 19.6. The van der Waals surface area contributed by atoms with Gasteiger partial charge in [0, 0.05) is 17.3 Å². The number of benzene rings is 1. The maximum Gasteiger partial charge on any atom is 0.328 e. The fourth-order valence-corrected chi connectivity index (χ4v) is 5.67. The fraction of sp³-hybridized carbons (Fsp3) is 0.450. The molecule has 1 fully saturated rings. The van der Waals surface area contributed by atoms with Gasteiger partial charge in [0.25, 0.3) is 0 Å². The Kier molecular flexibility index (Phi) is 8.27. The van der Waals surface area contributed by atoms with Gasteiger partial charge in [-0.1, -0.05) is 54.3 Å². The maximum absolute atomic E-state index is 13.1. The smallest absolute Gasteiger partial charge is 0.328 e. The van der Waals surface area contributed by atoms with Crippen molar-refractivity contribution in [2.75, 3.05) is 22.5 Å². The van der Waals surface area contributed by atoms with Gasteiger partial charge in [-0.25, -0.2) is 9.78 Å². The molecule has 0 radical (unpaired) electrons. The van der Waals surface area contributed by atoms with Crippen LogP contribution in [0.1, 0.15) is 32.6 Å². The van der Waals surface area contributed by atoms with Gasteiger partial charge in [-0.3, -0.25) is 15.0 Å². The lowest BCUT2D eigenvalue weighted by Gasteiger charge is -2.26. The van der Waals surface area contributed by atoms with Crippen LogP contribution in [-0.4, -0.2) is 34.4 Å². The number of thiazole rings is 1. The second-order valence-corrected chi connectivity index (χ2v) is 10.5. The standard InChI is InChI=1S/C20H23Cl2N3O3S2/c1-12(18(26)27)11-29-17-9-23-19(30-17)24-20(28)25(10-13-4-2-3-5-13)16-7-6-14(21)8-15(16)22/h6-9,12-13H,2-5,10-11H2,1H3,(H,26,27)(H,23,24,28). The second kappa shape index (κ2) is 10.7. The summed E-state index contributed by atoms with van der Waals surface area (Å²) in [6.07, 6.45) is 6.19. The summed E-state index contributed by atoms with van der Waals surface area (Å²) in [4.78, 5) is 30.0. The summed E-state index contributed by atoms with van der Waals surface area (Å²) in [7, 11) is 0. The summed E-state index contributed by atoms with van der Waals surface area (Å²) >= 11 is 15.1. The number of aromatic nitrogens is 1. The number of carboxylic acids is 1. The molecule has 0 saturated heterocycles. The molecule has 2 amide bonds. The number of hydrogen-bond acceptors (Lipinski definition) is 5.